The van der Waals surface area contributed by atoms with Gasteiger partial charge in [0.15, 0.2) is 0 Å². The molecule has 0 fully saturated rings. The molecule has 0 spiro atoms. The Morgan fingerprint density at radius 1 is 1.33 bits per heavy atom. The lowest BCUT2D eigenvalue weighted by atomic mass is 10.2. The number of hydrogen-bond donors (Lipinski definition) is 2. The lowest BCUT2D eigenvalue weighted by Gasteiger charge is -2.17. The first kappa shape index (κ1) is 19.5. The van der Waals surface area contributed by atoms with Crippen LogP contribution in [0, 0.1) is 11.3 Å². The van der Waals surface area contributed by atoms with Crippen LogP contribution in [0.15, 0.2) is 36.0 Å². The number of nitrogens with one attached hydrogen (secondary N) is 2. The van der Waals surface area contributed by atoms with Gasteiger partial charge in [0.05, 0.1) is 12.8 Å². The third-order valence-corrected chi connectivity index (χ3v) is 3.66. The average molecular weight is 330 g/mol. The predicted molar refractivity (Wildman–Crippen MR) is 95.7 cm³/mol. The van der Waals surface area contributed by atoms with Gasteiger partial charge < -0.3 is 20.3 Å². The van der Waals surface area contributed by atoms with Gasteiger partial charge in [0, 0.05) is 12.7 Å². The second kappa shape index (κ2) is 11.1. The van der Waals surface area contributed by atoms with Crippen LogP contribution in [0.25, 0.3) is 0 Å². The molecule has 0 saturated carbocycles. The van der Waals surface area contributed by atoms with Crippen molar-refractivity contribution in [1.82, 2.24) is 10.2 Å². The van der Waals surface area contributed by atoms with Crippen LogP contribution in [0.1, 0.15) is 20.3 Å². The first-order valence-corrected chi connectivity index (χ1v) is 8.16. The normalized spacial score (nSPS) is 11.0. The van der Waals surface area contributed by atoms with E-state index in [1.807, 2.05) is 12.1 Å². The van der Waals surface area contributed by atoms with Gasteiger partial charge in [-0.1, -0.05) is 26.0 Å². The zero-order valence-electron chi connectivity index (χ0n) is 14.6. The summed E-state index contributed by atoms with van der Waals surface area (Å²) in [7, 11) is 1.53. The summed E-state index contributed by atoms with van der Waals surface area (Å²) in [5.41, 5.74) is 0.566. The van der Waals surface area contributed by atoms with Gasteiger partial charge in [0.1, 0.15) is 17.4 Å². The first-order chi connectivity index (χ1) is 11.7. The summed E-state index contributed by atoms with van der Waals surface area (Å²) >= 11 is 0. The van der Waals surface area contributed by atoms with Gasteiger partial charge in [-0.05, 0) is 38.2 Å². The van der Waals surface area contributed by atoms with Crippen LogP contribution >= 0.6 is 0 Å². The van der Waals surface area contributed by atoms with Gasteiger partial charge in [-0.3, -0.25) is 4.79 Å². The molecule has 0 saturated heterocycles. The molecule has 0 radical (unpaired) electrons. The number of ether oxygens (including phenoxy) is 1. The minimum absolute atomic E-state index is 0.0312. The molecule has 0 unspecified atom stereocenters. The summed E-state index contributed by atoms with van der Waals surface area (Å²) in [6.07, 6.45) is 2.41. The summed E-state index contributed by atoms with van der Waals surface area (Å²) in [4.78, 5) is 14.5. The van der Waals surface area contributed by atoms with Crippen LogP contribution in [0.5, 0.6) is 5.75 Å². The largest absolute Gasteiger partial charge is 0.495 e. The molecule has 0 aliphatic heterocycles. The Kier molecular flexibility index (Phi) is 9.02. The van der Waals surface area contributed by atoms with E-state index < -0.39 is 5.91 Å². The van der Waals surface area contributed by atoms with E-state index in [9.17, 15) is 4.79 Å². The molecule has 0 bridgehead atoms. The molecule has 6 heteroatoms. The van der Waals surface area contributed by atoms with Crippen molar-refractivity contribution in [3.63, 3.8) is 0 Å². The summed E-state index contributed by atoms with van der Waals surface area (Å²) < 4.78 is 5.18. The zero-order chi connectivity index (χ0) is 17.8. The van der Waals surface area contributed by atoms with Crippen molar-refractivity contribution in [2.75, 3.05) is 38.6 Å². The molecule has 1 rings (SSSR count). The van der Waals surface area contributed by atoms with Crippen LogP contribution in [-0.2, 0) is 4.79 Å². The SMILES string of the molecule is CCN(CC)CCCN/C=C(/C#N)C(=O)Nc1ccccc1OC. The van der Waals surface area contributed by atoms with Gasteiger partial charge in [-0.15, -0.1) is 0 Å². The Balaban J connectivity index is 2.53. The van der Waals surface area contributed by atoms with Crippen molar-refractivity contribution in [3.05, 3.63) is 36.0 Å². The molecular weight excluding hydrogens is 304 g/mol. The van der Waals surface area contributed by atoms with E-state index in [-0.39, 0.29) is 5.57 Å². The van der Waals surface area contributed by atoms with Crippen molar-refractivity contribution in [1.29, 1.82) is 5.26 Å². The Morgan fingerprint density at radius 2 is 2.04 bits per heavy atom. The van der Waals surface area contributed by atoms with E-state index in [1.165, 1.54) is 13.3 Å². The molecule has 6 nitrogen and oxygen atoms in total. The quantitative estimate of drug-likeness (QED) is 0.391. The van der Waals surface area contributed by atoms with E-state index in [1.54, 1.807) is 18.2 Å². The average Bonchev–Trinajstić information content (AvgIpc) is 2.61. The highest BCUT2D eigenvalue weighted by Crippen LogP contribution is 2.23. The highest BCUT2D eigenvalue weighted by Gasteiger charge is 2.11. The maximum absolute atomic E-state index is 12.2. The number of nitrogens with zero attached hydrogens (tertiary/aromatic N) is 2. The van der Waals surface area contributed by atoms with Crippen molar-refractivity contribution in [2.45, 2.75) is 20.3 Å². The fraction of sp³-hybridized carbons (Fsp3) is 0.444. The second-order valence-electron chi connectivity index (χ2n) is 5.16. The molecule has 1 amide bonds. The number of methoxy groups -OCH3 is 1. The van der Waals surface area contributed by atoms with E-state index in [0.29, 0.717) is 18.0 Å². The van der Waals surface area contributed by atoms with E-state index in [0.717, 1.165) is 26.1 Å². The minimum Gasteiger partial charge on any atom is -0.495 e. The smallest absolute Gasteiger partial charge is 0.267 e. The molecule has 0 aliphatic carbocycles. The topological polar surface area (TPSA) is 77.4 Å². The van der Waals surface area contributed by atoms with Crippen LogP contribution in [-0.4, -0.2) is 44.1 Å². The molecule has 2 N–H and O–H groups in total. The third kappa shape index (κ3) is 6.31. The predicted octanol–water partition coefficient (Wildman–Crippen LogP) is 2.36. The number of hydrogen-bond acceptors (Lipinski definition) is 5. The standard InChI is InChI=1S/C18H26N4O2/c1-4-22(5-2)12-8-11-20-14-15(13-19)18(23)21-16-9-6-7-10-17(16)24-3/h6-7,9-10,14,20H,4-5,8,11-12H2,1-3H3,(H,21,23)/b15-14-. The summed E-state index contributed by atoms with van der Waals surface area (Å²) in [5.74, 6) is 0.0913. The number of amides is 1. The van der Waals surface area contributed by atoms with Gasteiger partial charge in [-0.2, -0.15) is 5.26 Å². The number of carbonyl (C=O) groups is 1. The molecule has 1 aromatic carbocycles. The van der Waals surface area contributed by atoms with Crippen LogP contribution in [0.3, 0.4) is 0 Å². The van der Waals surface area contributed by atoms with E-state index >= 15 is 0 Å². The number of nitriles is 1. The molecule has 24 heavy (non-hydrogen) atoms. The van der Waals surface area contributed by atoms with Crippen LogP contribution < -0.4 is 15.4 Å². The summed E-state index contributed by atoms with van der Waals surface area (Å²) in [6, 6.07) is 8.99. The maximum Gasteiger partial charge on any atom is 0.267 e. The lowest BCUT2D eigenvalue weighted by Crippen LogP contribution is -2.26. The number of rotatable bonds is 10. The van der Waals surface area contributed by atoms with Gasteiger partial charge >= 0.3 is 0 Å². The fourth-order valence-corrected chi connectivity index (χ4v) is 2.20. The molecule has 130 valence electrons. The molecule has 0 aliphatic rings. The number of benzene rings is 1. The second-order valence-corrected chi connectivity index (χ2v) is 5.16. The van der Waals surface area contributed by atoms with E-state index in [4.69, 9.17) is 10.00 Å². The Bertz CT molecular complexity index is 589. The Hall–Kier alpha value is -2.52. The van der Waals surface area contributed by atoms with Crippen molar-refractivity contribution in [3.8, 4) is 11.8 Å². The molecule has 0 atom stereocenters. The minimum atomic E-state index is -0.460. The number of anilines is 1. The summed E-state index contributed by atoms with van der Waals surface area (Å²) in [6.45, 7) is 8.01. The van der Waals surface area contributed by atoms with E-state index in [2.05, 4.69) is 29.4 Å². The number of para-hydroxylation sites is 2. The maximum atomic E-state index is 12.2. The zero-order valence-corrected chi connectivity index (χ0v) is 14.6. The fourth-order valence-electron chi connectivity index (χ4n) is 2.20. The van der Waals surface area contributed by atoms with Crippen molar-refractivity contribution in [2.24, 2.45) is 0 Å². The van der Waals surface area contributed by atoms with Crippen LogP contribution in [0.4, 0.5) is 5.69 Å². The third-order valence-electron chi connectivity index (χ3n) is 3.66. The van der Waals surface area contributed by atoms with Crippen LogP contribution in [0.2, 0.25) is 0 Å². The van der Waals surface area contributed by atoms with Gasteiger partial charge in [0.2, 0.25) is 0 Å². The summed E-state index contributed by atoms with van der Waals surface area (Å²) in [5, 5.41) is 14.9. The lowest BCUT2D eigenvalue weighted by molar-refractivity contribution is -0.112. The number of carbonyl (C=O) groups excluding carboxylic acids is 1. The Labute approximate surface area is 144 Å². The van der Waals surface area contributed by atoms with Gasteiger partial charge in [0.25, 0.3) is 5.91 Å². The molecule has 0 heterocycles. The highest BCUT2D eigenvalue weighted by atomic mass is 16.5. The Morgan fingerprint density at radius 3 is 2.67 bits per heavy atom. The monoisotopic (exact) mass is 330 g/mol. The van der Waals surface area contributed by atoms with Gasteiger partial charge in [-0.25, -0.2) is 0 Å². The van der Waals surface area contributed by atoms with Crippen molar-refractivity contribution >= 4 is 11.6 Å². The highest BCUT2D eigenvalue weighted by molar-refractivity contribution is 6.07. The van der Waals surface area contributed by atoms with Crippen molar-refractivity contribution < 1.29 is 9.53 Å². The molecular formula is C18H26N4O2. The molecule has 0 aromatic heterocycles. The first-order valence-electron chi connectivity index (χ1n) is 8.16. The molecule has 1 aromatic rings.